The fourth-order valence-corrected chi connectivity index (χ4v) is 1.52. The Bertz CT molecular complexity index is 344. The number of H-pyrrole nitrogens is 1. The number of hydrogen-bond donors (Lipinski definition) is 2. The van der Waals surface area contributed by atoms with Gasteiger partial charge in [-0.15, -0.1) is 0 Å². The highest BCUT2D eigenvalue weighted by Gasteiger charge is 2.26. The molecule has 0 spiro atoms. The van der Waals surface area contributed by atoms with E-state index in [4.69, 9.17) is 5.11 Å². The van der Waals surface area contributed by atoms with Crippen LogP contribution in [0.2, 0.25) is 0 Å². The lowest BCUT2D eigenvalue weighted by atomic mass is 9.89. The van der Waals surface area contributed by atoms with Crippen LogP contribution >= 0.6 is 0 Å². The molecule has 0 aromatic carbocycles. The number of carboxylic acid groups (broad SMARTS) is 1. The maximum Gasteiger partial charge on any atom is 0.309 e. The zero-order valence-electron chi connectivity index (χ0n) is 10.9. The summed E-state index contributed by atoms with van der Waals surface area (Å²) in [6.45, 7) is 5.31. The van der Waals surface area contributed by atoms with Crippen molar-refractivity contribution >= 4 is 5.97 Å². The van der Waals surface area contributed by atoms with Crippen molar-refractivity contribution in [1.29, 1.82) is 0 Å². The Labute approximate surface area is 103 Å². The van der Waals surface area contributed by atoms with E-state index in [1.165, 1.54) is 5.56 Å². The molecule has 0 unspecified atom stereocenters. The van der Waals surface area contributed by atoms with Crippen LogP contribution in [0, 0.1) is 5.41 Å². The fourth-order valence-electron chi connectivity index (χ4n) is 1.52. The molecule has 96 valence electrons. The molecule has 0 aliphatic carbocycles. The van der Waals surface area contributed by atoms with Crippen molar-refractivity contribution in [2.75, 3.05) is 20.1 Å². The van der Waals surface area contributed by atoms with Crippen LogP contribution in [-0.4, -0.2) is 41.1 Å². The molecule has 1 aromatic rings. The number of aromatic amines is 1. The third-order valence-corrected chi connectivity index (χ3v) is 3.14. The molecule has 1 aromatic heterocycles. The first-order valence-corrected chi connectivity index (χ1v) is 5.95. The van der Waals surface area contributed by atoms with Crippen LogP contribution in [0.25, 0.3) is 0 Å². The molecule has 0 fully saturated rings. The second-order valence-corrected chi connectivity index (χ2v) is 5.21. The Morgan fingerprint density at radius 2 is 2.18 bits per heavy atom. The van der Waals surface area contributed by atoms with E-state index in [0.717, 1.165) is 19.5 Å². The van der Waals surface area contributed by atoms with Crippen molar-refractivity contribution in [3.8, 4) is 0 Å². The second kappa shape index (κ2) is 5.87. The monoisotopic (exact) mass is 238 g/mol. The molecule has 4 nitrogen and oxygen atoms in total. The number of carboxylic acids is 1. The Balaban J connectivity index is 2.26. The molecular weight excluding hydrogens is 216 g/mol. The summed E-state index contributed by atoms with van der Waals surface area (Å²) in [4.78, 5) is 16.2. The quantitative estimate of drug-likeness (QED) is 0.763. The molecular formula is C13H22N2O2. The molecule has 0 saturated carbocycles. The second-order valence-electron chi connectivity index (χ2n) is 5.21. The normalized spacial score (nSPS) is 12.0. The molecule has 0 atom stereocenters. The van der Waals surface area contributed by atoms with Crippen LogP contribution in [0.15, 0.2) is 18.5 Å². The maximum absolute atomic E-state index is 11.0. The zero-order chi connectivity index (χ0) is 12.9. The van der Waals surface area contributed by atoms with E-state index in [2.05, 4.69) is 16.0 Å². The van der Waals surface area contributed by atoms with Crippen molar-refractivity contribution in [3.05, 3.63) is 24.0 Å². The maximum atomic E-state index is 11.0. The Hall–Kier alpha value is -1.29. The van der Waals surface area contributed by atoms with Gasteiger partial charge < -0.3 is 15.0 Å². The average Bonchev–Trinajstić information content (AvgIpc) is 2.76. The van der Waals surface area contributed by atoms with Crippen molar-refractivity contribution < 1.29 is 9.90 Å². The van der Waals surface area contributed by atoms with Gasteiger partial charge in [0, 0.05) is 18.9 Å². The highest BCUT2D eigenvalue weighted by atomic mass is 16.4. The van der Waals surface area contributed by atoms with Gasteiger partial charge in [0.25, 0.3) is 0 Å². The third-order valence-electron chi connectivity index (χ3n) is 3.14. The lowest BCUT2D eigenvalue weighted by molar-refractivity contribution is -0.147. The van der Waals surface area contributed by atoms with Crippen LogP contribution in [-0.2, 0) is 11.2 Å². The summed E-state index contributed by atoms with van der Waals surface area (Å²) in [6, 6.07) is 2.06. The first-order valence-electron chi connectivity index (χ1n) is 5.95. The lowest BCUT2D eigenvalue weighted by Crippen LogP contribution is -2.31. The number of aromatic nitrogens is 1. The van der Waals surface area contributed by atoms with Gasteiger partial charge in [-0.3, -0.25) is 4.79 Å². The largest absolute Gasteiger partial charge is 0.481 e. The summed E-state index contributed by atoms with van der Waals surface area (Å²) in [5.41, 5.74) is 0.650. The highest BCUT2D eigenvalue weighted by Crippen LogP contribution is 2.20. The van der Waals surface area contributed by atoms with Gasteiger partial charge in [0.2, 0.25) is 0 Å². The minimum Gasteiger partial charge on any atom is -0.481 e. The van der Waals surface area contributed by atoms with Crippen molar-refractivity contribution in [3.63, 3.8) is 0 Å². The number of rotatable bonds is 7. The van der Waals surface area contributed by atoms with Crippen LogP contribution in [0.1, 0.15) is 25.8 Å². The predicted molar refractivity (Wildman–Crippen MR) is 68.0 cm³/mol. The van der Waals surface area contributed by atoms with E-state index in [1.54, 1.807) is 13.8 Å². The van der Waals surface area contributed by atoms with Gasteiger partial charge in [-0.2, -0.15) is 0 Å². The minimum atomic E-state index is -0.725. The van der Waals surface area contributed by atoms with Gasteiger partial charge in [-0.1, -0.05) is 0 Å². The van der Waals surface area contributed by atoms with E-state index in [0.29, 0.717) is 6.42 Å². The standard InChI is InChI=1S/C13H22N2O2/c1-13(2,12(16)17)6-9-15(3)8-5-11-4-7-14-10-11/h4,7,10,14H,5-6,8-9H2,1-3H3,(H,16,17). The summed E-state index contributed by atoms with van der Waals surface area (Å²) in [5.74, 6) is -0.725. The molecule has 0 aliphatic rings. The topological polar surface area (TPSA) is 56.3 Å². The number of nitrogens with zero attached hydrogens (tertiary/aromatic N) is 1. The van der Waals surface area contributed by atoms with Crippen molar-refractivity contribution in [2.45, 2.75) is 26.7 Å². The summed E-state index contributed by atoms with van der Waals surface area (Å²) >= 11 is 0. The van der Waals surface area contributed by atoms with Gasteiger partial charge in [0.15, 0.2) is 0 Å². The van der Waals surface area contributed by atoms with Crippen molar-refractivity contribution in [1.82, 2.24) is 9.88 Å². The fraction of sp³-hybridized carbons (Fsp3) is 0.615. The molecule has 1 rings (SSSR count). The minimum absolute atomic E-state index is 0.637. The van der Waals surface area contributed by atoms with Crippen LogP contribution in [0.4, 0.5) is 0 Å². The number of carbonyl (C=O) groups is 1. The van der Waals surface area contributed by atoms with Crippen LogP contribution in [0.3, 0.4) is 0 Å². The van der Waals surface area contributed by atoms with E-state index in [9.17, 15) is 4.79 Å². The smallest absolute Gasteiger partial charge is 0.309 e. The SMILES string of the molecule is CN(CCc1cc[nH]c1)CCC(C)(C)C(=O)O. The molecule has 0 saturated heterocycles. The number of nitrogens with one attached hydrogen (secondary N) is 1. The predicted octanol–water partition coefficient (Wildman–Crippen LogP) is 1.99. The first kappa shape index (κ1) is 13.8. The molecule has 1 heterocycles. The summed E-state index contributed by atoms with van der Waals surface area (Å²) in [6.07, 6.45) is 5.58. The van der Waals surface area contributed by atoms with E-state index in [-0.39, 0.29) is 0 Å². The van der Waals surface area contributed by atoms with E-state index in [1.807, 2.05) is 19.4 Å². The molecule has 0 amide bonds. The van der Waals surface area contributed by atoms with Crippen LogP contribution in [0.5, 0.6) is 0 Å². The molecule has 0 aliphatic heterocycles. The number of likely N-dealkylation sites (N-methyl/N-ethyl adjacent to an activating group) is 1. The molecule has 17 heavy (non-hydrogen) atoms. The molecule has 2 N–H and O–H groups in total. The first-order chi connectivity index (χ1) is 7.92. The Morgan fingerprint density at radius 1 is 1.47 bits per heavy atom. The molecule has 4 heteroatoms. The summed E-state index contributed by atoms with van der Waals surface area (Å²) in [5, 5.41) is 9.01. The highest BCUT2D eigenvalue weighted by molar-refractivity contribution is 5.73. The number of hydrogen-bond acceptors (Lipinski definition) is 2. The van der Waals surface area contributed by atoms with Gasteiger partial charge >= 0.3 is 5.97 Å². The van der Waals surface area contributed by atoms with Gasteiger partial charge in [0.1, 0.15) is 0 Å². The van der Waals surface area contributed by atoms with Crippen molar-refractivity contribution in [2.24, 2.45) is 5.41 Å². The van der Waals surface area contributed by atoms with E-state index >= 15 is 0 Å². The lowest BCUT2D eigenvalue weighted by Gasteiger charge is -2.23. The Kier molecular flexibility index (Phi) is 4.75. The van der Waals surface area contributed by atoms with E-state index < -0.39 is 11.4 Å². The molecule has 0 bridgehead atoms. The molecule has 0 radical (unpaired) electrons. The van der Waals surface area contributed by atoms with Gasteiger partial charge in [-0.25, -0.2) is 0 Å². The van der Waals surface area contributed by atoms with Gasteiger partial charge in [0.05, 0.1) is 5.41 Å². The van der Waals surface area contributed by atoms with Gasteiger partial charge in [-0.05, 0) is 51.9 Å². The average molecular weight is 238 g/mol. The summed E-state index contributed by atoms with van der Waals surface area (Å²) < 4.78 is 0. The third kappa shape index (κ3) is 4.61. The number of aliphatic carboxylic acids is 1. The van der Waals surface area contributed by atoms with Crippen LogP contribution < -0.4 is 0 Å². The summed E-state index contributed by atoms with van der Waals surface area (Å²) in [7, 11) is 2.03. The zero-order valence-corrected chi connectivity index (χ0v) is 10.9. The Morgan fingerprint density at radius 3 is 2.71 bits per heavy atom.